The van der Waals surface area contributed by atoms with Crippen molar-refractivity contribution in [2.45, 2.75) is 12.8 Å². The fourth-order valence-corrected chi connectivity index (χ4v) is 3.73. The molecule has 0 radical (unpaired) electrons. The third-order valence-electron chi connectivity index (χ3n) is 4.89. The van der Waals surface area contributed by atoms with E-state index in [9.17, 15) is 0 Å². The summed E-state index contributed by atoms with van der Waals surface area (Å²) in [5, 5.41) is 1.31. The van der Waals surface area contributed by atoms with Gasteiger partial charge in [-0.15, -0.1) is 5.73 Å². The van der Waals surface area contributed by atoms with Crippen LogP contribution in [0.1, 0.15) is 29.7 Å². The maximum Gasteiger partial charge on any atom is 0.0624 e. The lowest BCUT2D eigenvalue weighted by atomic mass is 9.96. The molecule has 0 atom stereocenters. The summed E-state index contributed by atoms with van der Waals surface area (Å²) in [4.78, 5) is 0. The molecule has 0 saturated carbocycles. The molecule has 2 aliphatic carbocycles. The van der Waals surface area contributed by atoms with Gasteiger partial charge < -0.3 is 4.57 Å². The van der Waals surface area contributed by atoms with Crippen LogP contribution in [0.15, 0.2) is 72.5 Å². The van der Waals surface area contributed by atoms with Gasteiger partial charge >= 0.3 is 0 Å². The van der Waals surface area contributed by atoms with Crippen molar-refractivity contribution in [3.8, 4) is 5.69 Å². The van der Waals surface area contributed by atoms with Crippen molar-refractivity contribution in [1.82, 2.24) is 4.57 Å². The van der Waals surface area contributed by atoms with Crippen LogP contribution in [0.5, 0.6) is 0 Å². The number of aromatic nitrogens is 1. The molecule has 0 aliphatic heterocycles. The van der Waals surface area contributed by atoms with Gasteiger partial charge in [0.1, 0.15) is 0 Å². The van der Waals surface area contributed by atoms with Gasteiger partial charge in [0.2, 0.25) is 0 Å². The summed E-state index contributed by atoms with van der Waals surface area (Å²) >= 11 is 0. The van der Waals surface area contributed by atoms with Gasteiger partial charge in [0, 0.05) is 22.7 Å². The van der Waals surface area contributed by atoms with E-state index in [2.05, 4.69) is 89.2 Å². The molecule has 1 nitrogen and oxygen atoms in total. The smallest absolute Gasteiger partial charge is 0.0624 e. The molecule has 0 N–H and O–H groups in total. The maximum absolute atomic E-state index is 3.27. The molecule has 1 aromatic heterocycles. The first-order chi connectivity index (χ1) is 11.9. The van der Waals surface area contributed by atoms with Gasteiger partial charge in [-0.05, 0) is 54.3 Å². The second-order valence-corrected chi connectivity index (χ2v) is 6.32. The van der Waals surface area contributed by atoms with E-state index in [0.717, 1.165) is 12.8 Å². The molecule has 0 bridgehead atoms. The highest BCUT2D eigenvalue weighted by Gasteiger charge is 2.18. The number of nitrogens with zero attached hydrogens (tertiary/aromatic N) is 1. The molecule has 2 aromatic carbocycles. The van der Waals surface area contributed by atoms with E-state index in [1.54, 1.807) is 0 Å². The average molecular weight is 307 g/mol. The van der Waals surface area contributed by atoms with Crippen LogP contribution in [0.2, 0.25) is 0 Å². The normalized spacial score (nSPS) is 15.1. The molecule has 0 saturated heterocycles. The van der Waals surface area contributed by atoms with Crippen molar-refractivity contribution in [2.24, 2.45) is 0 Å². The number of hydrogen-bond donors (Lipinski definition) is 0. The molecule has 3 aromatic rings. The first-order valence-electron chi connectivity index (χ1n) is 8.44. The zero-order chi connectivity index (χ0) is 15.9. The van der Waals surface area contributed by atoms with Gasteiger partial charge in [-0.1, -0.05) is 42.5 Å². The van der Waals surface area contributed by atoms with E-state index in [4.69, 9.17) is 0 Å². The molecule has 0 amide bonds. The second kappa shape index (κ2) is 5.26. The molecule has 24 heavy (non-hydrogen) atoms. The van der Waals surface area contributed by atoms with Crippen molar-refractivity contribution in [2.75, 3.05) is 0 Å². The second-order valence-electron chi connectivity index (χ2n) is 6.32. The predicted molar refractivity (Wildman–Crippen MR) is 102 cm³/mol. The molecule has 5 rings (SSSR count). The number of fused-ring (bicyclic) bond motifs is 3. The lowest BCUT2D eigenvalue weighted by Crippen LogP contribution is -1.96. The van der Waals surface area contributed by atoms with Crippen LogP contribution in [-0.2, 0) is 0 Å². The van der Waals surface area contributed by atoms with Crippen molar-refractivity contribution in [1.29, 1.82) is 0 Å². The summed E-state index contributed by atoms with van der Waals surface area (Å²) in [6.07, 6.45) is 13.1. The SMILES string of the molecule is C1=Cc2c(n(-c3ccccc3)c3ccc(C4=CC=CCC4)cc23)C=1. The van der Waals surface area contributed by atoms with Gasteiger partial charge in [-0.2, -0.15) is 0 Å². The summed E-state index contributed by atoms with van der Waals surface area (Å²) in [7, 11) is 0. The van der Waals surface area contributed by atoms with E-state index < -0.39 is 0 Å². The molecule has 0 spiro atoms. The lowest BCUT2D eigenvalue weighted by Gasteiger charge is -2.11. The Kier molecular flexibility index (Phi) is 2.94. The topological polar surface area (TPSA) is 4.93 Å². The Morgan fingerprint density at radius 3 is 2.71 bits per heavy atom. The van der Waals surface area contributed by atoms with Crippen LogP contribution in [0.3, 0.4) is 0 Å². The predicted octanol–water partition coefficient (Wildman–Crippen LogP) is 6.00. The lowest BCUT2D eigenvalue weighted by molar-refractivity contribution is 1.05. The Balaban J connectivity index is 1.76. The standard InChI is InChI=1S/C23H17N/c1-3-8-17(9-4-1)18-14-15-23-21(16-18)20-12-7-13-22(20)24(23)19-10-5-2-6-11-19/h1-3,5-6,8,10-16H,4,9H2. The Hall–Kier alpha value is -3.02. The van der Waals surface area contributed by atoms with Crippen LogP contribution in [0, 0.1) is 0 Å². The zero-order valence-corrected chi connectivity index (χ0v) is 13.4. The molecular weight excluding hydrogens is 290 g/mol. The summed E-state index contributed by atoms with van der Waals surface area (Å²) in [6.45, 7) is 0. The van der Waals surface area contributed by atoms with E-state index in [0.29, 0.717) is 0 Å². The highest BCUT2D eigenvalue weighted by atomic mass is 15.0. The van der Waals surface area contributed by atoms with Gasteiger partial charge in [-0.3, -0.25) is 0 Å². The van der Waals surface area contributed by atoms with Crippen molar-refractivity contribution < 1.29 is 0 Å². The number of rotatable bonds is 2. The molecule has 0 fully saturated rings. The summed E-state index contributed by atoms with van der Waals surface area (Å²) in [5.41, 5.74) is 11.0. The third-order valence-corrected chi connectivity index (χ3v) is 4.89. The largest absolute Gasteiger partial charge is 0.309 e. The van der Waals surface area contributed by atoms with Crippen molar-refractivity contribution >= 4 is 28.6 Å². The number of allylic oxidation sites excluding steroid dienone is 4. The Morgan fingerprint density at radius 2 is 1.88 bits per heavy atom. The minimum atomic E-state index is 1.12. The highest BCUT2D eigenvalue weighted by Crippen LogP contribution is 2.36. The third kappa shape index (κ3) is 1.96. The first-order valence-corrected chi connectivity index (χ1v) is 8.44. The van der Waals surface area contributed by atoms with Crippen molar-refractivity contribution in [3.63, 3.8) is 0 Å². The van der Waals surface area contributed by atoms with E-state index in [1.807, 2.05) is 0 Å². The molecule has 2 aliphatic rings. The van der Waals surface area contributed by atoms with Gasteiger partial charge in [0.25, 0.3) is 0 Å². The fourth-order valence-electron chi connectivity index (χ4n) is 3.73. The number of benzene rings is 2. The van der Waals surface area contributed by atoms with Crippen LogP contribution >= 0.6 is 0 Å². The monoisotopic (exact) mass is 307 g/mol. The van der Waals surface area contributed by atoms with Crippen molar-refractivity contribution in [3.05, 3.63) is 89.3 Å². The summed E-state index contributed by atoms with van der Waals surface area (Å²) < 4.78 is 2.33. The van der Waals surface area contributed by atoms with Crippen LogP contribution in [0.25, 0.3) is 34.3 Å². The average Bonchev–Trinajstić information content (AvgIpc) is 3.23. The minimum absolute atomic E-state index is 1.12. The van der Waals surface area contributed by atoms with E-state index in [1.165, 1.54) is 39.0 Å². The van der Waals surface area contributed by atoms with E-state index >= 15 is 0 Å². The van der Waals surface area contributed by atoms with Crippen LogP contribution in [0.4, 0.5) is 0 Å². The molecule has 0 unspecified atom stereocenters. The highest BCUT2D eigenvalue weighted by molar-refractivity contribution is 5.99. The quantitative estimate of drug-likeness (QED) is 0.400. The Morgan fingerprint density at radius 1 is 0.958 bits per heavy atom. The summed E-state index contributed by atoms with van der Waals surface area (Å²) in [6, 6.07) is 17.4. The van der Waals surface area contributed by atoms with E-state index in [-0.39, 0.29) is 0 Å². The summed E-state index contributed by atoms with van der Waals surface area (Å²) in [5.74, 6) is 0. The molecular formula is C23H17N. The maximum atomic E-state index is 3.27. The minimum Gasteiger partial charge on any atom is -0.309 e. The van der Waals surface area contributed by atoms with Crippen LogP contribution in [-0.4, -0.2) is 4.57 Å². The fraction of sp³-hybridized carbons (Fsp3) is 0.0870. The zero-order valence-electron chi connectivity index (χ0n) is 13.4. The molecule has 1 heteroatoms. The van der Waals surface area contributed by atoms with Gasteiger partial charge in [0.05, 0.1) is 11.2 Å². The Labute approximate surface area is 141 Å². The van der Waals surface area contributed by atoms with Crippen LogP contribution < -0.4 is 0 Å². The molecule has 1 heterocycles. The first kappa shape index (κ1) is 13.4. The van der Waals surface area contributed by atoms with Gasteiger partial charge in [0.15, 0.2) is 0 Å². The number of hydrogen-bond acceptors (Lipinski definition) is 0. The van der Waals surface area contributed by atoms with Gasteiger partial charge in [-0.25, -0.2) is 0 Å². The number of para-hydroxylation sites is 1. The molecule has 114 valence electrons. The Bertz CT molecular complexity index is 1070.